The summed E-state index contributed by atoms with van der Waals surface area (Å²) in [6.45, 7) is 2.61. The maximum atomic E-state index is 13.0. The number of ether oxygens (including phenoxy) is 1. The minimum atomic E-state index is -2.74. The number of hydrogen-bond acceptors (Lipinski definition) is 4. The van der Waals surface area contributed by atoms with E-state index in [2.05, 4.69) is 0 Å². The highest BCUT2D eigenvalue weighted by atomic mass is 19.3. The van der Waals surface area contributed by atoms with Crippen molar-refractivity contribution in [3.63, 3.8) is 0 Å². The van der Waals surface area contributed by atoms with Crippen LogP contribution in [0.1, 0.15) is 25.3 Å². The van der Waals surface area contributed by atoms with E-state index in [0.717, 1.165) is 5.56 Å². The molecule has 1 aliphatic heterocycles. The molecule has 0 bridgehead atoms. The Morgan fingerprint density at radius 1 is 1.35 bits per heavy atom. The fourth-order valence-electron chi connectivity index (χ4n) is 3.00. The van der Waals surface area contributed by atoms with Crippen LogP contribution in [0, 0.1) is 5.41 Å². The van der Waals surface area contributed by atoms with Crippen molar-refractivity contribution in [3.05, 3.63) is 35.9 Å². The predicted octanol–water partition coefficient (Wildman–Crippen LogP) is 2.67. The van der Waals surface area contributed by atoms with Crippen molar-refractivity contribution < 1.29 is 23.1 Å². The van der Waals surface area contributed by atoms with Crippen LogP contribution in [-0.2, 0) is 20.9 Å². The van der Waals surface area contributed by atoms with Gasteiger partial charge in [0.15, 0.2) is 5.78 Å². The molecule has 6 heteroatoms. The Balaban J connectivity index is 2.20. The third-order valence-corrected chi connectivity index (χ3v) is 4.10. The summed E-state index contributed by atoms with van der Waals surface area (Å²) >= 11 is 0. The van der Waals surface area contributed by atoms with E-state index < -0.39 is 30.0 Å². The first-order chi connectivity index (χ1) is 11.0. The lowest BCUT2D eigenvalue weighted by Crippen LogP contribution is -2.55. The maximum absolute atomic E-state index is 13.0. The number of piperidine rings is 1. The van der Waals surface area contributed by atoms with Gasteiger partial charge in [-0.1, -0.05) is 30.3 Å². The highest BCUT2D eigenvalue weighted by molar-refractivity contribution is 6.04. The third-order valence-electron chi connectivity index (χ3n) is 4.10. The monoisotopic (exact) mass is 325 g/mol. The highest BCUT2D eigenvalue weighted by Gasteiger charge is 2.51. The van der Waals surface area contributed by atoms with E-state index in [0.29, 0.717) is 13.1 Å². The third kappa shape index (κ3) is 4.13. The quantitative estimate of drug-likeness (QED) is 0.596. The van der Waals surface area contributed by atoms with E-state index in [1.165, 1.54) is 0 Å². The minimum absolute atomic E-state index is 0.0239. The van der Waals surface area contributed by atoms with E-state index in [4.69, 9.17) is 4.74 Å². The Labute approximate surface area is 134 Å². The van der Waals surface area contributed by atoms with Gasteiger partial charge in [-0.3, -0.25) is 14.5 Å². The van der Waals surface area contributed by atoms with Crippen LogP contribution in [0.3, 0.4) is 0 Å². The summed E-state index contributed by atoms with van der Waals surface area (Å²) in [5.74, 6) is -1.27. The van der Waals surface area contributed by atoms with Crippen LogP contribution in [0.4, 0.5) is 8.78 Å². The molecular formula is C17H21F2NO3. The molecule has 1 heterocycles. The van der Waals surface area contributed by atoms with Gasteiger partial charge in [0.05, 0.1) is 6.61 Å². The second kappa shape index (κ2) is 7.64. The Kier molecular flexibility index (Phi) is 5.82. The van der Waals surface area contributed by atoms with Gasteiger partial charge in [0, 0.05) is 32.5 Å². The molecule has 23 heavy (non-hydrogen) atoms. The molecule has 0 amide bonds. The molecule has 0 aromatic heterocycles. The number of alkyl halides is 2. The lowest BCUT2D eigenvalue weighted by molar-refractivity contribution is -0.167. The number of likely N-dealkylation sites (tertiary alicyclic amines) is 1. The first kappa shape index (κ1) is 17.5. The Morgan fingerprint density at radius 2 is 2.04 bits per heavy atom. The number of halogens is 2. The second-order valence-corrected chi connectivity index (χ2v) is 5.77. The molecular weight excluding hydrogens is 304 g/mol. The Bertz CT molecular complexity index is 550. The molecule has 0 N–H and O–H groups in total. The van der Waals surface area contributed by atoms with Gasteiger partial charge < -0.3 is 4.74 Å². The van der Waals surface area contributed by atoms with Gasteiger partial charge in [-0.15, -0.1) is 0 Å². The average Bonchev–Trinajstić information content (AvgIpc) is 2.51. The van der Waals surface area contributed by atoms with Crippen LogP contribution < -0.4 is 0 Å². The van der Waals surface area contributed by atoms with Gasteiger partial charge >= 0.3 is 5.97 Å². The van der Waals surface area contributed by atoms with Gasteiger partial charge in [-0.25, -0.2) is 8.78 Å². The topological polar surface area (TPSA) is 46.6 Å². The number of carbonyl (C=O) groups excluding carboxylic acids is 2. The second-order valence-electron chi connectivity index (χ2n) is 5.77. The summed E-state index contributed by atoms with van der Waals surface area (Å²) in [7, 11) is 0. The number of rotatable bonds is 6. The van der Waals surface area contributed by atoms with Crippen molar-refractivity contribution in [2.24, 2.45) is 5.41 Å². The van der Waals surface area contributed by atoms with E-state index in [9.17, 15) is 18.4 Å². The molecule has 2 rings (SSSR count). The summed E-state index contributed by atoms with van der Waals surface area (Å²) in [5.41, 5.74) is -0.742. The molecule has 1 atom stereocenters. The minimum Gasteiger partial charge on any atom is -0.465 e. The molecule has 0 saturated carbocycles. The molecule has 1 unspecified atom stereocenters. The number of esters is 1. The molecule has 1 saturated heterocycles. The summed E-state index contributed by atoms with van der Waals surface area (Å²) in [4.78, 5) is 26.4. The van der Waals surface area contributed by atoms with Crippen molar-refractivity contribution in [3.8, 4) is 0 Å². The molecule has 1 aliphatic rings. The van der Waals surface area contributed by atoms with E-state index in [-0.39, 0.29) is 19.6 Å². The van der Waals surface area contributed by atoms with Crippen molar-refractivity contribution >= 4 is 11.8 Å². The highest BCUT2D eigenvalue weighted by Crippen LogP contribution is 2.35. The molecule has 1 aromatic rings. The van der Waals surface area contributed by atoms with Crippen molar-refractivity contribution in [2.75, 3.05) is 19.7 Å². The number of benzene rings is 1. The zero-order chi connectivity index (χ0) is 16.9. The largest absolute Gasteiger partial charge is 0.465 e. The van der Waals surface area contributed by atoms with Crippen LogP contribution in [0.2, 0.25) is 0 Å². The molecule has 0 spiro atoms. The van der Waals surface area contributed by atoms with E-state index in [1.807, 2.05) is 35.2 Å². The zero-order valence-electron chi connectivity index (χ0n) is 13.1. The van der Waals surface area contributed by atoms with Gasteiger partial charge in [0.2, 0.25) is 6.43 Å². The molecule has 126 valence electrons. The first-order valence-corrected chi connectivity index (χ1v) is 7.73. The lowest BCUT2D eigenvalue weighted by atomic mass is 9.75. The number of ketones is 1. The van der Waals surface area contributed by atoms with Crippen LogP contribution in [0.15, 0.2) is 30.3 Å². The van der Waals surface area contributed by atoms with Crippen molar-refractivity contribution in [2.45, 2.75) is 32.7 Å². The predicted molar refractivity (Wildman–Crippen MR) is 81.0 cm³/mol. The molecule has 0 radical (unpaired) electrons. The first-order valence-electron chi connectivity index (χ1n) is 7.73. The Morgan fingerprint density at radius 3 is 2.65 bits per heavy atom. The number of hydrogen-bond donors (Lipinski definition) is 0. The van der Waals surface area contributed by atoms with Crippen LogP contribution in [0.25, 0.3) is 0 Å². The van der Waals surface area contributed by atoms with Crippen LogP contribution in [-0.4, -0.2) is 42.8 Å². The number of Topliss-reactive ketones (excluding diaryl/α,β-unsaturated/α-hetero) is 1. The van der Waals surface area contributed by atoms with Gasteiger partial charge in [0.25, 0.3) is 0 Å². The molecule has 1 fully saturated rings. The summed E-state index contributed by atoms with van der Waals surface area (Å²) in [5, 5.41) is 0. The average molecular weight is 325 g/mol. The number of nitrogens with zero attached hydrogens (tertiary/aromatic N) is 1. The molecule has 1 aromatic carbocycles. The zero-order valence-corrected chi connectivity index (χ0v) is 13.1. The van der Waals surface area contributed by atoms with E-state index in [1.54, 1.807) is 6.92 Å². The molecule has 0 aliphatic carbocycles. The fraction of sp³-hybridized carbons (Fsp3) is 0.529. The van der Waals surface area contributed by atoms with Crippen LogP contribution >= 0.6 is 0 Å². The summed E-state index contributed by atoms with van der Waals surface area (Å²) < 4.78 is 31.0. The van der Waals surface area contributed by atoms with Gasteiger partial charge in [0.1, 0.15) is 5.41 Å². The van der Waals surface area contributed by atoms with Gasteiger partial charge in [-0.2, -0.15) is 0 Å². The fourth-order valence-corrected chi connectivity index (χ4v) is 3.00. The van der Waals surface area contributed by atoms with Crippen molar-refractivity contribution in [1.29, 1.82) is 0 Å². The van der Waals surface area contributed by atoms with Gasteiger partial charge in [-0.05, 0) is 12.5 Å². The van der Waals surface area contributed by atoms with E-state index >= 15 is 0 Å². The Hall–Kier alpha value is -1.82. The number of carbonyl (C=O) groups is 2. The SMILES string of the molecule is CCOC(=O)C1(CC(F)F)CN(Cc2ccccc2)CCC1=O. The summed E-state index contributed by atoms with van der Waals surface area (Å²) in [6.07, 6.45) is -3.44. The van der Waals surface area contributed by atoms with Crippen molar-refractivity contribution in [1.82, 2.24) is 4.90 Å². The van der Waals surface area contributed by atoms with Crippen LogP contribution in [0.5, 0.6) is 0 Å². The normalized spacial score (nSPS) is 22.3. The summed E-state index contributed by atoms with van der Waals surface area (Å²) in [6, 6.07) is 9.53. The molecule has 4 nitrogen and oxygen atoms in total. The maximum Gasteiger partial charge on any atom is 0.321 e. The standard InChI is InChI=1S/C17H21F2NO3/c1-2-23-16(22)17(10-15(18)19)12-20(9-8-14(17)21)11-13-6-4-3-5-7-13/h3-7,15H,2,8-12H2,1H3. The smallest absolute Gasteiger partial charge is 0.321 e. The lowest BCUT2D eigenvalue weighted by Gasteiger charge is -2.39.